The Labute approximate surface area is 98.4 Å². The van der Waals surface area contributed by atoms with Crippen LogP contribution in [0.1, 0.15) is 13.3 Å². The molecule has 0 fully saturated rings. The first-order chi connectivity index (χ1) is 8.10. The molecule has 0 saturated carbocycles. The highest BCUT2D eigenvalue weighted by atomic mass is 16.5. The van der Waals surface area contributed by atoms with E-state index in [1.54, 1.807) is 6.92 Å². The van der Waals surface area contributed by atoms with Gasteiger partial charge in [-0.05, 0) is 6.42 Å². The largest absolute Gasteiger partial charge is 0.481 e. The molecule has 0 radical (unpaired) electrons. The number of aromatic nitrogens is 2. The lowest BCUT2D eigenvalue weighted by molar-refractivity contribution is -0.145. The van der Waals surface area contributed by atoms with Crippen molar-refractivity contribution in [3.05, 3.63) is 6.07 Å². The summed E-state index contributed by atoms with van der Waals surface area (Å²) in [5.74, 6) is -0.586. The van der Waals surface area contributed by atoms with Crippen LogP contribution in [0.5, 0.6) is 17.8 Å². The van der Waals surface area contributed by atoms with Crippen molar-refractivity contribution in [3.8, 4) is 17.8 Å². The highest BCUT2D eigenvalue weighted by Gasteiger charge is 2.19. The van der Waals surface area contributed by atoms with Crippen LogP contribution in [-0.2, 0) is 4.79 Å². The molecule has 0 bridgehead atoms. The van der Waals surface area contributed by atoms with Crippen molar-refractivity contribution in [2.24, 2.45) is 0 Å². The van der Waals surface area contributed by atoms with Gasteiger partial charge in [0, 0.05) is 0 Å². The van der Waals surface area contributed by atoms with Crippen molar-refractivity contribution in [1.82, 2.24) is 9.97 Å². The van der Waals surface area contributed by atoms with Crippen LogP contribution in [0.2, 0.25) is 0 Å². The van der Waals surface area contributed by atoms with Gasteiger partial charge in [-0.1, -0.05) is 6.92 Å². The fourth-order valence-corrected chi connectivity index (χ4v) is 1.08. The topological polar surface area (TPSA) is 90.8 Å². The molecule has 0 aliphatic rings. The number of carbonyl (C=O) groups is 1. The summed E-state index contributed by atoms with van der Waals surface area (Å²) in [6.07, 6.45) is -0.690. The normalized spacial score (nSPS) is 11.7. The fourth-order valence-electron chi connectivity index (χ4n) is 1.08. The van der Waals surface area contributed by atoms with Crippen LogP contribution in [0.3, 0.4) is 0 Å². The number of rotatable bonds is 6. The van der Waals surface area contributed by atoms with E-state index in [1.807, 2.05) is 0 Å². The molecule has 1 atom stereocenters. The Morgan fingerprint density at radius 2 is 1.88 bits per heavy atom. The van der Waals surface area contributed by atoms with E-state index in [4.69, 9.17) is 19.3 Å². The predicted octanol–water partition coefficient (Wildman–Crippen LogP) is 0.736. The molecule has 0 aromatic carbocycles. The van der Waals surface area contributed by atoms with Gasteiger partial charge >= 0.3 is 12.0 Å². The molecule has 1 aromatic heterocycles. The minimum Gasteiger partial charge on any atom is -0.481 e. The van der Waals surface area contributed by atoms with E-state index in [9.17, 15) is 4.79 Å². The third-order valence-electron chi connectivity index (χ3n) is 1.97. The van der Waals surface area contributed by atoms with Crippen LogP contribution < -0.4 is 14.2 Å². The number of carboxylic acids is 1. The molecule has 1 heterocycles. The van der Waals surface area contributed by atoms with Gasteiger partial charge in [0.1, 0.15) is 0 Å². The zero-order valence-corrected chi connectivity index (χ0v) is 9.84. The third kappa shape index (κ3) is 3.47. The van der Waals surface area contributed by atoms with Crippen molar-refractivity contribution < 1.29 is 24.1 Å². The molecule has 7 nitrogen and oxygen atoms in total. The smallest absolute Gasteiger partial charge is 0.345 e. The van der Waals surface area contributed by atoms with Gasteiger partial charge < -0.3 is 19.3 Å². The lowest BCUT2D eigenvalue weighted by atomic mass is 10.3. The van der Waals surface area contributed by atoms with E-state index in [-0.39, 0.29) is 17.8 Å². The monoisotopic (exact) mass is 242 g/mol. The lowest BCUT2D eigenvalue weighted by Gasteiger charge is -2.12. The first kappa shape index (κ1) is 13.0. The molecule has 0 aliphatic heterocycles. The van der Waals surface area contributed by atoms with E-state index in [0.717, 1.165) is 0 Å². The number of hydrogen-bond donors (Lipinski definition) is 1. The quantitative estimate of drug-likeness (QED) is 0.786. The maximum atomic E-state index is 10.8. The Morgan fingerprint density at radius 3 is 2.24 bits per heavy atom. The molecular weight excluding hydrogens is 228 g/mol. The number of methoxy groups -OCH3 is 2. The predicted molar refractivity (Wildman–Crippen MR) is 57.5 cm³/mol. The van der Waals surface area contributed by atoms with Crippen LogP contribution >= 0.6 is 0 Å². The van der Waals surface area contributed by atoms with Crippen molar-refractivity contribution in [3.63, 3.8) is 0 Å². The van der Waals surface area contributed by atoms with Crippen molar-refractivity contribution >= 4 is 5.97 Å². The van der Waals surface area contributed by atoms with Gasteiger partial charge in [0.05, 0.1) is 20.3 Å². The minimum absolute atomic E-state index is 0.0875. The Balaban J connectivity index is 2.92. The second kappa shape index (κ2) is 5.88. The first-order valence-corrected chi connectivity index (χ1v) is 4.97. The molecule has 0 spiro atoms. The molecule has 1 rings (SSSR count). The molecular formula is C10H14N2O5. The number of hydrogen-bond acceptors (Lipinski definition) is 6. The summed E-state index contributed by atoms with van der Waals surface area (Å²) >= 11 is 0. The van der Waals surface area contributed by atoms with E-state index in [1.165, 1.54) is 20.3 Å². The van der Waals surface area contributed by atoms with E-state index in [2.05, 4.69) is 9.97 Å². The van der Waals surface area contributed by atoms with Gasteiger partial charge in [0.25, 0.3) is 0 Å². The second-order valence-electron chi connectivity index (χ2n) is 3.09. The zero-order chi connectivity index (χ0) is 12.8. The minimum atomic E-state index is -1.07. The molecule has 0 unspecified atom stereocenters. The summed E-state index contributed by atoms with van der Waals surface area (Å²) in [7, 11) is 2.86. The maximum absolute atomic E-state index is 10.8. The third-order valence-corrected chi connectivity index (χ3v) is 1.97. The SMILES string of the molecule is CC[C@H](Oc1nc(OC)cc(OC)n1)C(=O)O. The maximum Gasteiger partial charge on any atom is 0.345 e. The Kier molecular flexibility index (Phi) is 4.50. The number of nitrogens with zero attached hydrogens (tertiary/aromatic N) is 2. The van der Waals surface area contributed by atoms with Crippen LogP contribution in [0.25, 0.3) is 0 Å². The Hall–Kier alpha value is -2.05. The van der Waals surface area contributed by atoms with Gasteiger partial charge in [-0.15, -0.1) is 0 Å². The molecule has 1 N–H and O–H groups in total. The molecule has 0 amide bonds. The highest BCUT2D eigenvalue weighted by Crippen LogP contribution is 2.19. The van der Waals surface area contributed by atoms with Crippen molar-refractivity contribution in [2.45, 2.75) is 19.4 Å². The Bertz CT molecular complexity index is 374. The van der Waals surface area contributed by atoms with Crippen molar-refractivity contribution in [2.75, 3.05) is 14.2 Å². The van der Waals surface area contributed by atoms with Crippen LogP contribution in [-0.4, -0.2) is 41.4 Å². The van der Waals surface area contributed by atoms with E-state index in [0.29, 0.717) is 6.42 Å². The van der Waals surface area contributed by atoms with Crippen LogP contribution in [0, 0.1) is 0 Å². The lowest BCUT2D eigenvalue weighted by Crippen LogP contribution is -2.26. The molecule has 0 aliphatic carbocycles. The van der Waals surface area contributed by atoms with Gasteiger partial charge in [-0.2, -0.15) is 9.97 Å². The van der Waals surface area contributed by atoms with Gasteiger partial charge in [-0.25, -0.2) is 4.79 Å². The molecule has 1 aromatic rings. The van der Waals surface area contributed by atoms with E-state index >= 15 is 0 Å². The molecule has 7 heteroatoms. The van der Waals surface area contributed by atoms with E-state index < -0.39 is 12.1 Å². The first-order valence-electron chi connectivity index (χ1n) is 4.97. The summed E-state index contributed by atoms with van der Waals surface area (Å²) in [5.41, 5.74) is 0. The summed E-state index contributed by atoms with van der Waals surface area (Å²) < 4.78 is 15.0. The average molecular weight is 242 g/mol. The number of carboxylic acid groups (broad SMARTS) is 1. The molecule has 94 valence electrons. The van der Waals surface area contributed by atoms with Crippen molar-refractivity contribution in [1.29, 1.82) is 0 Å². The highest BCUT2D eigenvalue weighted by molar-refractivity contribution is 5.72. The van der Waals surface area contributed by atoms with Crippen LogP contribution in [0.4, 0.5) is 0 Å². The Morgan fingerprint density at radius 1 is 1.35 bits per heavy atom. The fraction of sp³-hybridized carbons (Fsp3) is 0.500. The van der Waals surface area contributed by atoms with Gasteiger partial charge in [-0.3, -0.25) is 0 Å². The summed E-state index contributed by atoms with van der Waals surface area (Å²) in [6.45, 7) is 1.69. The van der Waals surface area contributed by atoms with Crippen LogP contribution in [0.15, 0.2) is 6.07 Å². The van der Waals surface area contributed by atoms with Gasteiger partial charge in [0.2, 0.25) is 11.8 Å². The number of aliphatic carboxylic acids is 1. The summed E-state index contributed by atoms with van der Waals surface area (Å²) in [6, 6.07) is 1.38. The standard InChI is InChI=1S/C10H14N2O5/c1-4-6(9(13)14)17-10-11-7(15-2)5-8(12-10)16-3/h5-6H,4H2,1-3H3,(H,13,14)/t6-/m0/s1. The molecule has 0 saturated heterocycles. The summed E-state index contributed by atoms with van der Waals surface area (Å²) in [4.78, 5) is 18.5. The van der Waals surface area contributed by atoms with Gasteiger partial charge in [0.15, 0.2) is 6.10 Å². The zero-order valence-electron chi connectivity index (χ0n) is 9.84. The second-order valence-corrected chi connectivity index (χ2v) is 3.09. The molecule has 17 heavy (non-hydrogen) atoms. The number of ether oxygens (including phenoxy) is 3. The summed E-state index contributed by atoms with van der Waals surface area (Å²) in [5, 5.41) is 8.84. The average Bonchev–Trinajstić information content (AvgIpc) is 2.34.